The molecule has 2 heterocycles. The molecule has 3 aromatic carbocycles. The Morgan fingerprint density at radius 1 is 0.978 bits per heavy atom. The van der Waals surface area contributed by atoms with Crippen LogP contribution in [-0.2, 0) is 23.1 Å². The van der Waals surface area contributed by atoms with E-state index in [1.165, 1.54) is 17.0 Å². The number of rotatable bonds is 12. The van der Waals surface area contributed by atoms with Crippen LogP contribution in [0.2, 0.25) is 0 Å². The van der Waals surface area contributed by atoms with Gasteiger partial charge in [-0.15, -0.1) is 0 Å². The molecule has 0 unspecified atom stereocenters. The summed E-state index contributed by atoms with van der Waals surface area (Å²) in [7, 11) is 1.90. The number of nitrogens with zero attached hydrogens (tertiary/aromatic N) is 4. The number of pyridine rings is 1. The van der Waals surface area contributed by atoms with Crippen LogP contribution >= 0.6 is 0 Å². The topological polar surface area (TPSA) is 166 Å². The highest BCUT2D eigenvalue weighted by molar-refractivity contribution is 6.07. The Kier molecular flexibility index (Phi) is 9.66. The molecule has 0 spiro atoms. The number of carbonyl (C=O) groups is 3. The van der Waals surface area contributed by atoms with Crippen LogP contribution in [0.5, 0.6) is 5.75 Å². The standard InChI is InChI=1S/C34H33N7O5/c1-3-45-34(44)25-8-4-5-9-28(25)46-31(42)17-19-41(29-10-6-7-18-37-29)33(43)23-13-16-27-26(20-23)39-30(40(27)2)21-38-24-14-11-22(12-15-24)32(35)36/h4-16,18,20,38H,3,17,19,21H2,1-2H3,(H3,35,36). The van der Waals surface area contributed by atoms with Gasteiger partial charge in [-0.2, -0.15) is 0 Å². The Labute approximate surface area is 265 Å². The fourth-order valence-corrected chi connectivity index (χ4v) is 4.79. The van der Waals surface area contributed by atoms with Crippen molar-refractivity contribution in [3.8, 4) is 5.75 Å². The summed E-state index contributed by atoms with van der Waals surface area (Å²) < 4.78 is 12.5. The average Bonchev–Trinajstić information content (AvgIpc) is 3.39. The molecule has 46 heavy (non-hydrogen) atoms. The first-order valence-electron chi connectivity index (χ1n) is 14.6. The van der Waals surface area contributed by atoms with E-state index in [0.29, 0.717) is 29.0 Å². The maximum atomic E-state index is 13.9. The molecule has 1 amide bonds. The zero-order valence-corrected chi connectivity index (χ0v) is 25.4. The highest BCUT2D eigenvalue weighted by Crippen LogP contribution is 2.23. The Morgan fingerprint density at radius 3 is 2.43 bits per heavy atom. The zero-order chi connectivity index (χ0) is 32.6. The molecule has 0 saturated carbocycles. The van der Waals surface area contributed by atoms with Gasteiger partial charge >= 0.3 is 11.9 Å². The van der Waals surface area contributed by atoms with Crippen LogP contribution in [0.3, 0.4) is 0 Å². The molecule has 234 valence electrons. The summed E-state index contributed by atoms with van der Waals surface area (Å²) in [6.07, 6.45) is 1.41. The number of aromatic nitrogens is 3. The van der Waals surface area contributed by atoms with E-state index in [9.17, 15) is 14.4 Å². The Balaban J connectivity index is 1.32. The minimum Gasteiger partial charge on any atom is -0.462 e. The van der Waals surface area contributed by atoms with Gasteiger partial charge in [-0.1, -0.05) is 18.2 Å². The smallest absolute Gasteiger partial charge is 0.341 e. The molecule has 0 radical (unpaired) electrons. The molecular weight excluding hydrogens is 586 g/mol. The molecular formula is C34H33N7O5. The van der Waals surface area contributed by atoms with Gasteiger partial charge in [0.05, 0.1) is 30.6 Å². The summed E-state index contributed by atoms with van der Waals surface area (Å²) >= 11 is 0. The van der Waals surface area contributed by atoms with Gasteiger partial charge in [-0.3, -0.25) is 19.9 Å². The molecule has 2 aromatic heterocycles. The van der Waals surface area contributed by atoms with Gasteiger partial charge in [0.2, 0.25) is 0 Å². The first kappa shape index (κ1) is 31.4. The lowest BCUT2D eigenvalue weighted by atomic mass is 10.1. The summed E-state index contributed by atoms with van der Waals surface area (Å²) in [4.78, 5) is 49.6. The number of carbonyl (C=O) groups excluding carboxylic acids is 3. The second-order valence-electron chi connectivity index (χ2n) is 10.2. The number of fused-ring (bicyclic) bond motifs is 1. The van der Waals surface area contributed by atoms with Gasteiger partial charge in [0.1, 0.15) is 28.8 Å². The van der Waals surface area contributed by atoms with Crippen LogP contribution in [-0.4, -0.2) is 51.4 Å². The van der Waals surface area contributed by atoms with E-state index < -0.39 is 11.9 Å². The molecule has 12 heteroatoms. The first-order chi connectivity index (χ1) is 22.2. The first-order valence-corrected chi connectivity index (χ1v) is 14.6. The Morgan fingerprint density at radius 2 is 1.72 bits per heavy atom. The van der Waals surface area contributed by atoms with E-state index in [1.54, 1.807) is 67.7 Å². The van der Waals surface area contributed by atoms with E-state index in [0.717, 1.165) is 17.0 Å². The maximum absolute atomic E-state index is 13.9. The number of nitrogens with one attached hydrogen (secondary N) is 2. The lowest BCUT2D eigenvalue weighted by molar-refractivity contribution is -0.134. The number of hydrogen-bond acceptors (Lipinski definition) is 9. The van der Waals surface area contributed by atoms with Crippen molar-refractivity contribution in [2.75, 3.05) is 23.4 Å². The fourth-order valence-electron chi connectivity index (χ4n) is 4.79. The number of para-hydroxylation sites is 1. The van der Waals surface area contributed by atoms with E-state index >= 15 is 0 Å². The average molecular weight is 620 g/mol. The van der Waals surface area contributed by atoms with Crippen molar-refractivity contribution in [3.63, 3.8) is 0 Å². The van der Waals surface area contributed by atoms with Gasteiger partial charge < -0.3 is 25.1 Å². The Hall–Kier alpha value is -6.04. The second-order valence-corrected chi connectivity index (χ2v) is 10.2. The van der Waals surface area contributed by atoms with Crippen molar-refractivity contribution < 1.29 is 23.9 Å². The van der Waals surface area contributed by atoms with Crippen molar-refractivity contribution in [3.05, 3.63) is 114 Å². The van der Waals surface area contributed by atoms with Crippen LogP contribution < -0.4 is 20.7 Å². The molecule has 0 aliphatic carbocycles. The number of nitrogens with two attached hydrogens (primary N) is 1. The normalized spacial score (nSPS) is 10.7. The third-order valence-electron chi connectivity index (χ3n) is 7.18. The van der Waals surface area contributed by atoms with E-state index in [4.69, 9.17) is 25.6 Å². The van der Waals surface area contributed by atoms with Crippen molar-refractivity contribution in [1.82, 2.24) is 14.5 Å². The molecule has 0 atom stereocenters. The fraction of sp³-hybridized carbons (Fsp3) is 0.176. The van der Waals surface area contributed by atoms with Crippen molar-refractivity contribution in [2.24, 2.45) is 12.8 Å². The molecule has 5 rings (SSSR count). The van der Waals surface area contributed by atoms with Gasteiger partial charge in [0.25, 0.3) is 5.91 Å². The van der Waals surface area contributed by atoms with Crippen LogP contribution in [0.1, 0.15) is 45.4 Å². The third-order valence-corrected chi connectivity index (χ3v) is 7.18. The zero-order valence-electron chi connectivity index (χ0n) is 25.4. The maximum Gasteiger partial charge on any atom is 0.341 e. The molecule has 0 saturated heterocycles. The molecule has 0 fully saturated rings. The number of esters is 2. The highest BCUT2D eigenvalue weighted by Gasteiger charge is 2.23. The largest absolute Gasteiger partial charge is 0.462 e. The van der Waals surface area contributed by atoms with E-state index in [2.05, 4.69) is 10.3 Å². The van der Waals surface area contributed by atoms with Crippen molar-refractivity contribution >= 4 is 46.2 Å². The van der Waals surface area contributed by atoms with Crippen molar-refractivity contribution in [1.29, 1.82) is 5.41 Å². The number of anilines is 2. The number of amidine groups is 1. The predicted octanol–water partition coefficient (Wildman–Crippen LogP) is 4.68. The SMILES string of the molecule is CCOC(=O)c1ccccc1OC(=O)CCN(C(=O)c1ccc2c(c1)nc(CNc1ccc(C(=N)N)cc1)n2C)c1ccccn1. The van der Waals surface area contributed by atoms with Crippen LogP contribution in [0, 0.1) is 5.41 Å². The Bertz CT molecular complexity index is 1890. The third kappa shape index (κ3) is 7.18. The van der Waals surface area contributed by atoms with Gasteiger partial charge in [-0.05, 0) is 73.7 Å². The van der Waals surface area contributed by atoms with Crippen LogP contribution in [0.15, 0.2) is 91.1 Å². The molecule has 5 aromatic rings. The number of imidazole rings is 1. The number of benzene rings is 3. The molecule has 0 aliphatic heterocycles. The van der Waals surface area contributed by atoms with Gasteiger partial charge in [0, 0.05) is 36.6 Å². The lowest BCUT2D eigenvalue weighted by Crippen LogP contribution is -2.34. The molecule has 0 aliphatic rings. The highest BCUT2D eigenvalue weighted by atomic mass is 16.5. The summed E-state index contributed by atoms with van der Waals surface area (Å²) in [5.41, 5.74) is 9.02. The molecule has 0 bridgehead atoms. The van der Waals surface area contributed by atoms with Gasteiger partial charge in [0.15, 0.2) is 0 Å². The summed E-state index contributed by atoms with van der Waals surface area (Å²) in [5.74, 6) is -0.374. The van der Waals surface area contributed by atoms with Crippen LogP contribution in [0.25, 0.3) is 11.0 Å². The quantitative estimate of drug-likeness (QED) is 0.0778. The van der Waals surface area contributed by atoms with E-state index in [1.807, 2.05) is 29.8 Å². The number of amides is 1. The monoisotopic (exact) mass is 619 g/mol. The lowest BCUT2D eigenvalue weighted by Gasteiger charge is -2.21. The number of nitrogen functional groups attached to an aromatic ring is 1. The van der Waals surface area contributed by atoms with Crippen LogP contribution in [0.4, 0.5) is 11.5 Å². The minimum atomic E-state index is -0.626. The summed E-state index contributed by atoms with van der Waals surface area (Å²) in [5, 5.41) is 10.9. The molecule has 4 N–H and O–H groups in total. The second kappa shape index (κ2) is 14.2. The van der Waals surface area contributed by atoms with E-state index in [-0.39, 0.29) is 42.6 Å². The number of aryl methyl sites for hydroxylation is 1. The number of hydrogen-bond donors (Lipinski definition) is 3. The van der Waals surface area contributed by atoms with Crippen molar-refractivity contribution in [2.45, 2.75) is 19.9 Å². The minimum absolute atomic E-state index is 0.00519. The molecule has 12 nitrogen and oxygen atoms in total. The summed E-state index contributed by atoms with van der Waals surface area (Å²) in [6.45, 7) is 2.28. The number of ether oxygens (including phenoxy) is 2. The van der Waals surface area contributed by atoms with Gasteiger partial charge in [-0.25, -0.2) is 14.8 Å². The summed E-state index contributed by atoms with van der Waals surface area (Å²) in [6, 6.07) is 24.0. The predicted molar refractivity (Wildman–Crippen MR) is 174 cm³/mol.